The summed E-state index contributed by atoms with van der Waals surface area (Å²) in [6.45, 7) is 1.97. The highest BCUT2D eigenvalue weighted by atomic mass is 35.5. The fourth-order valence-corrected chi connectivity index (χ4v) is 4.52. The molecule has 0 spiro atoms. The molecule has 3 N–H and O–H groups in total. The van der Waals surface area contributed by atoms with Gasteiger partial charge in [-0.2, -0.15) is 0 Å². The number of aryl methyl sites for hydroxylation is 1. The molecule has 1 atom stereocenters. The summed E-state index contributed by atoms with van der Waals surface area (Å²) in [5.41, 5.74) is 4.07. The number of esters is 1. The van der Waals surface area contributed by atoms with E-state index in [0.717, 1.165) is 22.0 Å². The summed E-state index contributed by atoms with van der Waals surface area (Å²) in [5.74, 6) is -1.29. The number of anilines is 1. The van der Waals surface area contributed by atoms with Crippen molar-refractivity contribution in [3.8, 4) is 5.75 Å². The molecule has 212 valence electrons. The number of benzene rings is 4. The number of carbonyl (C=O) groups excluding carboxylic acids is 3. The first-order valence-electron chi connectivity index (χ1n) is 13.3. The van der Waals surface area contributed by atoms with Gasteiger partial charge in [0.25, 0.3) is 5.91 Å². The van der Waals surface area contributed by atoms with Crippen LogP contribution in [0.15, 0.2) is 103 Å². The van der Waals surface area contributed by atoms with E-state index in [1.807, 2.05) is 79.7 Å². The van der Waals surface area contributed by atoms with Crippen molar-refractivity contribution in [2.45, 2.75) is 26.0 Å². The average Bonchev–Trinajstić information content (AvgIpc) is 3.41. The monoisotopic (exact) mass is 581 g/mol. The van der Waals surface area contributed by atoms with E-state index in [-0.39, 0.29) is 24.3 Å². The third-order valence-corrected chi connectivity index (χ3v) is 6.74. The Balaban J connectivity index is 1.35. The van der Waals surface area contributed by atoms with Gasteiger partial charge in [-0.05, 0) is 60.3 Å². The number of amides is 2. The normalized spacial score (nSPS) is 11.5. The SMILES string of the molecule is Cc1ccc(NC(=O)c2cc(Cl)ccc2OC(=O)[C@@H](Cc2cc3ccccc3[nH]2)NC(=O)OCc2ccccc2)cc1. The average molecular weight is 582 g/mol. The smallest absolute Gasteiger partial charge is 0.408 e. The number of aromatic nitrogens is 1. The number of ether oxygens (including phenoxy) is 2. The zero-order chi connectivity index (χ0) is 29.5. The number of H-pyrrole nitrogens is 1. The second kappa shape index (κ2) is 13.1. The molecule has 4 aromatic carbocycles. The van der Waals surface area contributed by atoms with Gasteiger partial charge in [0.2, 0.25) is 0 Å². The first kappa shape index (κ1) is 28.4. The number of aromatic amines is 1. The number of hydrogen-bond acceptors (Lipinski definition) is 5. The molecule has 0 saturated heterocycles. The molecule has 42 heavy (non-hydrogen) atoms. The van der Waals surface area contributed by atoms with Crippen molar-refractivity contribution < 1.29 is 23.9 Å². The minimum absolute atomic E-state index is 0.00453. The summed E-state index contributed by atoms with van der Waals surface area (Å²) in [4.78, 5) is 42.7. The van der Waals surface area contributed by atoms with Crippen LogP contribution in [-0.4, -0.2) is 29.0 Å². The number of nitrogens with one attached hydrogen (secondary N) is 3. The topological polar surface area (TPSA) is 110 Å². The Morgan fingerprint density at radius 2 is 1.62 bits per heavy atom. The molecule has 5 aromatic rings. The van der Waals surface area contributed by atoms with Crippen molar-refractivity contribution in [1.29, 1.82) is 0 Å². The molecule has 9 heteroatoms. The van der Waals surface area contributed by atoms with Gasteiger partial charge in [0.15, 0.2) is 0 Å². The van der Waals surface area contributed by atoms with Crippen LogP contribution in [0, 0.1) is 6.92 Å². The second-order valence-electron chi connectivity index (χ2n) is 9.73. The van der Waals surface area contributed by atoms with Crippen LogP contribution in [0.2, 0.25) is 5.02 Å². The van der Waals surface area contributed by atoms with Crippen LogP contribution < -0.4 is 15.4 Å². The van der Waals surface area contributed by atoms with Gasteiger partial charge >= 0.3 is 12.1 Å². The highest BCUT2D eigenvalue weighted by molar-refractivity contribution is 6.31. The predicted molar refractivity (Wildman–Crippen MR) is 162 cm³/mol. The van der Waals surface area contributed by atoms with Crippen molar-refractivity contribution in [1.82, 2.24) is 10.3 Å². The summed E-state index contributed by atoms with van der Waals surface area (Å²) in [5, 5.41) is 6.66. The Bertz CT molecular complexity index is 1680. The Morgan fingerprint density at radius 3 is 2.38 bits per heavy atom. The van der Waals surface area contributed by atoms with E-state index in [2.05, 4.69) is 15.6 Å². The maximum Gasteiger partial charge on any atom is 0.408 e. The molecule has 0 unspecified atom stereocenters. The van der Waals surface area contributed by atoms with Gasteiger partial charge in [-0.1, -0.05) is 77.8 Å². The van der Waals surface area contributed by atoms with Crippen LogP contribution >= 0.6 is 11.6 Å². The van der Waals surface area contributed by atoms with E-state index < -0.39 is 24.0 Å². The van der Waals surface area contributed by atoms with Crippen molar-refractivity contribution in [2.24, 2.45) is 0 Å². The molecule has 0 radical (unpaired) electrons. The molecule has 0 aliphatic rings. The number of fused-ring (bicyclic) bond motifs is 1. The highest BCUT2D eigenvalue weighted by Crippen LogP contribution is 2.25. The first-order chi connectivity index (χ1) is 20.3. The van der Waals surface area contributed by atoms with Gasteiger partial charge in [0.05, 0.1) is 5.56 Å². The molecule has 1 aromatic heterocycles. The largest absolute Gasteiger partial charge is 0.445 e. The lowest BCUT2D eigenvalue weighted by Gasteiger charge is -2.18. The number of carbonyl (C=O) groups is 3. The van der Waals surface area contributed by atoms with Gasteiger partial charge < -0.3 is 25.1 Å². The van der Waals surface area contributed by atoms with Crippen molar-refractivity contribution >= 4 is 46.2 Å². The van der Waals surface area contributed by atoms with E-state index in [1.165, 1.54) is 18.2 Å². The summed E-state index contributed by atoms with van der Waals surface area (Å²) in [6, 6.07) is 29.3. The third-order valence-electron chi connectivity index (χ3n) is 6.51. The molecule has 1 heterocycles. The van der Waals surface area contributed by atoms with Crippen LogP contribution in [0.3, 0.4) is 0 Å². The zero-order valence-electron chi connectivity index (χ0n) is 22.7. The van der Waals surface area contributed by atoms with E-state index >= 15 is 0 Å². The molecule has 0 saturated carbocycles. The van der Waals surface area contributed by atoms with Gasteiger partial charge in [0.1, 0.15) is 18.4 Å². The fraction of sp³-hybridized carbons (Fsp3) is 0.121. The predicted octanol–water partition coefficient (Wildman–Crippen LogP) is 6.83. The quantitative estimate of drug-likeness (QED) is 0.131. The summed E-state index contributed by atoms with van der Waals surface area (Å²) < 4.78 is 11.1. The Kier molecular flexibility index (Phi) is 8.84. The van der Waals surface area contributed by atoms with Crippen LogP contribution in [0.1, 0.15) is 27.2 Å². The molecule has 8 nitrogen and oxygen atoms in total. The number of alkyl carbamates (subject to hydrolysis) is 1. The molecule has 0 aliphatic heterocycles. The molecule has 0 fully saturated rings. The maximum absolute atomic E-state index is 13.5. The van der Waals surface area contributed by atoms with Gasteiger partial charge in [-0.25, -0.2) is 9.59 Å². The van der Waals surface area contributed by atoms with E-state index in [4.69, 9.17) is 21.1 Å². The molecular formula is C33H28ClN3O5. The molecule has 0 bridgehead atoms. The lowest BCUT2D eigenvalue weighted by Crippen LogP contribution is -2.45. The molecule has 5 rings (SSSR count). The van der Waals surface area contributed by atoms with Gasteiger partial charge in [0, 0.05) is 28.3 Å². The lowest BCUT2D eigenvalue weighted by molar-refractivity contribution is -0.136. The fourth-order valence-electron chi connectivity index (χ4n) is 4.35. The number of halogens is 1. The van der Waals surface area contributed by atoms with Crippen molar-refractivity contribution in [3.63, 3.8) is 0 Å². The van der Waals surface area contributed by atoms with Crippen molar-refractivity contribution in [2.75, 3.05) is 5.32 Å². The number of rotatable bonds is 9. The Morgan fingerprint density at radius 1 is 0.881 bits per heavy atom. The standard InChI is InChI=1S/C33H28ClN3O5/c1-21-11-14-25(15-12-21)36-31(38)27-18-24(34)13-16-30(27)42-32(39)29(19-26-17-23-9-5-6-10-28(23)35-26)37-33(40)41-20-22-7-3-2-4-8-22/h2-18,29,35H,19-20H2,1H3,(H,36,38)(H,37,40)/t29-/m1/s1. The number of para-hydroxylation sites is 1. The number of hydrogen-bond donors (Lipinski definition) is 3. The van der Waals surface area contributed by atoms with Crippen LogP contribution in [0.5, 0.6) is 5.75 Å². The lowest BCUT2D eigenvalue weighted by atomic mass is 10.1. The molecule has 2 amide bonds. The highest BCUT2D eigenvalue weighted by Gasteiger charge is 2.27. The van der Waals surface area contributed by atoms with Crippen LogP contribution in [0.25, 0.3) is 10.9 Å². The van der Waals surface area contributed by atoms with Gasteiger partial charge in [-0.15, -0.1) is 0 Å². The van der Waals surface area contributed by atoms with Crippen molar-refractivity contribution in [3.05, 3.63) is 131 Å². The summed E-state index contributed by atoms with van der Waals surface area (Å²) in [6.07, 6.45) is -0.697. The third kappa shape index (κ3) is 7.35. The summed E-state index contributed by atoms with van der Waals surface area (Å²) in [7, 11) is 0. The van der Waals surface area contributed by atoms with Crippen LogP contribution in [0.4, 0.5) is 10.5 Å². The van der Waals surface area contributed by atoms with Crippen LogP contribution in [-0.2, 0) is 22.6 Å². The second-order valence-corrected chi connectivity index (χ2v) is 10.2. The zero-order valence-corrected chi connectivity index (χ0v) is 23.5. The Hall–Kier alpha value is -5.08. The first-order valence-corrected chi connectivity index (χ1v) is 13.6. The molecular weight excluding hydrogens is 554 g/mol. The molecule has 0 aliphatic carbocycles. The van der Waals surface area contributed by atoms with E-state index in [1.54, 1.807) is 12.1 Å². The van der Waals surface area contributed by atoms with Gasteiger partial charge in [-0.3, -0.25) is 4.79 Å². The minimum atomic E-state index is -1.13. The maximum atomic E-state index is 13.5. The van der Waals surface area contributed by atoms with E-state index in [0.29, 0.717) is 16.4 Å². The summed E-state index contributed by atoms with van der Waals surface area (Å²) >= 11 is 6.19. The van der Waals surface area contributed by atoms with E-state index in [9.17, 15) is 14.4 Å². The minimum Gasteiger partial charge on any atom is -0.445 e. The Labute approximate surface area is 247 Å².